The zero-order valence-corrected chi connectivity index (χ0v) is 11.9. The molecule has 104 valence electrons. The molecule has 0 saturated heterocycles. The second-order valence-corrected chi connectivity index (χ2v) is 4.21. The van der Waals surface area contributed by atoms with Crippen LogP contribution in [0.25, 0.3) is 0 Å². The van der Waals surface area contributed by atoms with Crippen molar-refractivity contribution in [1.82, 2.24) is 10.3 Å². The van der Waals surface area contributed by atoms with E-state index in [1.54, 1.807) is 21.1 Å². The molecule has 1 amide bonds. The zero-order chi connectivity index (χ0) is 14.4. The van der Waals surface area contributed by atoms with Gasteiger partial charge in [0.05, 0.1) is 22.8 Å². The van der Waals surface area contributed by atoms with Gasteiger partial charge in [0.1, 0.15) is 5.82 Å². The molecule has 19 heavy (non-hydrogen) atoms. The number of carbonyl (C=O) groups excluding carboxylic acids is 1. The number of pyridine rings is 1. The predicted molar refractivity (Wildman–Crippen MR) is 75.5 cm³/mol. The van der Waals surface area contributed by atoms with Crippen molar-refractivity contribution in [3.63, 3.8) is 0 Å². The van der Waals surface area contributed by atoms with Gasteiger partial charge in [0.25, 0.3) is 5.91 Å². The highest BCUT2D eigenvalue weighted by atomic mass is 35.5. The van der Waals surface area contributed by atoms with Crippen LogP contribution in [0.1, 0.15) is 22.8 Å². The Morgan fingerprint density at radius 2 is 2.26 bits per heavy atom. The van der Waals surface area contributed by atoms with Crippen LogP contribution >= 0.6 is 11.6 Å². The van der Waals surface area contributed by atoms with Crippen LogP contribution in [0.15, 0.2) is 6.20 Å². The van der Waals surface area contributed by atoms with Crippen molar-refractivity contribution in [1.29, 1.82) is 5.41 Å². The van der Waals surface area contributed by atoms with Crippen LogP contribution < -0.4 is 10.6 Å². The molecule has 3 N–H and O–H groups in total. The Bertz CT molecular complexity index is 491. The Morgan fingerprint density at radius 1 is 1.58 bits per heavy atom. The number of anilines is 1. The van der Waals surface area contributed by atoms with E-state index in [2.05, 4.69) is 15.6 Å². The number of hydrogen-bond donors (Lipinski definition) is 3. The maximum Gasteiger partial charge on any atom is 0.254 e. The highest BCUT2D eigenvalue weighted by Crippen LogP contribution is 2.26. The summed E-state index contributed by atoms with van der Waals surface area (Å²) in [5.41, 5.74) is 0.926. The third-order valence-corrected chi connectivity index (χ3v) is 2.86. The Balaban J connectivity index is 3.06. The summed E-state index contributed by atoms with van der Waals surface area (Å²) in [5, 5.41) is 13.4. The van der Waals surface area contributed by atoms with Crippen molar-refractivity contribution in [3.05, 3.63) is 22.3 Å². The average molecular weight is 285 g/mol. The number of methoxy groups -OCH3 is 1. The van der Waals surface area contributed by atoms with Crippen molar-refractivity contribution in [2.75, 3.05) is 32.6 Å². The molecule has 0 fully saturated rings. The first kappa shape index (κ1) is 15.4. The molecule has 1 aromatic rings. The average Bonchev–Trinajstić information content (AvgIpc) is 2.37. The molecule has 0 aliphatic heterocycles. The number of hydrogen-bond acceptors (Lipinski definition) is 5. The molecular weight excluding hydrogens is 268 g/mol. The maximum atomic E-state index is 11.9. The summed E-state index contributed by atoms with van der Waals surface area (Å²) < 4.78 is 4.85. The first-order valence-electron chi connectivity index (χ1n) is 5.71. The van der Waals surface area contributed by atoms with Crippen molar-refractivity contribution in [3.8, 4) is 0 Å². The number of nitrogens with one attached hydrogen (secondary N) is 3. The molecule has 6 nitrogen and oxygen atoms in total. The number of ether oxygens (including phenoxy) is 1. The Morgan fingerprint density at radius 3 is 2.79 bits per heavy atom. The lowest BCUT2D eigenvalue weighted by atomic mass is 10.1. The van der Waals surface area contributed by atoms with Crippen molar-refractivity contribution >= 4 is 29.0 Å². The zero-order valence-electron chi connectivity index (χ0n) is 11.1. The van der Waals surface area contributed by atoms with Crippen LogP contribution in [0.2, 0.25) is 5.02 Å². The molecule has 0 atom stereocenters. The fourth-order valence-electron chi connectivity index (χ4n) is 1.54. The van der Waals surface area contributed by atoms with E-state index in [0.29, 0.717) is 24.5 Å². The molecule has 7 heteroatoms. The van der Waals surface area contributed by atoms with Crippen molar-refractivity contribution in [2.45, 2.75) is 6.92 Å². The highest BCUT2D eigenvalue weighted by molar-refractivity contribution is 6.37. The first-order valence-corrected chi connectivity index (χ1v) is 6.09. The van der Waals surface area contributed by atoms with Gasteiger partial charge in [0, 0.05) is 32.6 Å². The van der Waals surface area contributed by atoms with E-state index in [1.165, 1.54) is 6.20 Å². The fourth-order valence-corrected chi connectivity index (χ4v) is 1.91. The number of halogens is 1. The van der Waals surface area contributed by atoms with E-state index in [-0.39, 0.29) is 22.2 Å². The topological polar surface area (TPSA) is 87.1 Å². The van der Waals surface area contributed by atoms with E-state index >= 15 is 0 Å². The third-order valence-electron chi connectivity index (χ3n) is 2.46. The van der Waals surface area contributed by atoms with Crippen molar-refractivity contribution in [2.24, 2.45) is 0 Å². The van der Waals surface area contributed by atoms with Crippen LogP contribution in [0, 0.1) is 5.41 Å². The number of carbonyl (C=O) groups is 1. The van der Waals surface area contributed by atoms with Gasteiger partial charge in [-0.05, 0) is 6.92 Å². The van der Waals surface area contributed by atoms with Crippen LogP contribution in [-0.2, 0) is 4.74 Å². The van der Waals surface area contributed by atoms with Gasteiger partial charge in [-0.15, -0.1) is 0 Å². The molecule has 0 spiro atoms. The van der Waals surface area contributed by atoms with Gasteiger partial charge >= 0.3 is 0 Å². The smallest absolute Gasteiger partial charge is 0.254 e. The van der Waals surface area contributed by atoms with Crippen LogP contribution in [0.5, 0.6) is 0 Å². The quantitative estimate of drug-likeness (QED) is 0.546. The van der Waals surface area contributed by atoms with Gasteiger partial charge < -0.3 is 20.8 Å². The van der Waals surface area contributed by atoms with E-state index < -0.39 is 0 Å². The molecule has 1 rings (SSSR count). The van der Waals surface area contributed by atoms with E-state index in [4.69, 9.17) is 21.7 Å². The first-order chi connectivity index (χ1) is 9.02. The summed E-state index contributed by atoms with van der Waals surface area (Å²) in [6.07, 6.45) is 1.39. The summed E-state index contributed by atoms with van der Waals surface area (Å²) in [5.74, 6) is 0.144. The molecule has 1 heterocycles. The molecule has 0 saturated carbocycles. The van der Waals surface area contributed by atoms with Gasteiger partial charge in [0.15, 0.2) is 0 Å². The number of nitrogens with zero attached hydrogens (tertiary/aromatic N) is 1. The Hall–Kier alpha value is -1.66. The standard InChI is InChI=1S/C12H17ClN4O2/c1-7(14)9-10(13)8(6-17-11(9)15-2)12(18)16-4-5-19-3/h6,14H,4-5H2,1-3H3,(H,15,17)(H,16,18). The number of amides is 1. The van der Waals surface area contributed by atoms with Crippen LogP contribution in [0.4, 0.5) is 5.82 Å². The van der Waals surface area contributed by atoms with E-state index in [0.717, 1.165) is 0 Å². The molecule has 0 aliphatic carbocycles. The lowest BCUT2D eigenvalue weighted by molar-refractivity contribution is 0.0937. The lowest BCUT2D eigenvalue weighted by Gasteiger charge is -2.12. The second-order valence-electron chi connectivity index (χ2n) is 3.83. The minimum absolute atomic E-state index is 0.224. The molecule has 1 aromatic heterocycles. The molecule has 0 aromatic carbocycles. The number of aromatic nitrogens is 1. The van der Waals surface area contributed by atoms with Gasteiger partial charge in [-0.1, -0.05) is 11.6 Å². The summed E-state index contributed by atoms with van der Waals surface area (Å²) in [6, 6.07) is 0. The lowest BCUT2D eigenvalue weighted by Crippen LogP contribution is -2.27. The molecule has 0 aliphatic rings. The van der Waals surface area contributed by atoms with Gasteiger partial charge in [-0.3, -0.25) is 4.79 Å². The minimum atomic E-state index is -0.334. The molecule has 0 bridgehead atoms. The van der Waals surface area contributed by atoms with Crippen molar-refractivity contribution < 1.29 is 9.53 Å². The predicted octanol–water partition coefficient (Wildman–Crippen LogP) is 1.54. The number of rotatable bonds is 6. The largest absolute Gasteiger partial charge is 0.383 e. The SMILES string of the molecule is CNc1ncc(C(=O)NCCOC)c(Cl)c1C(C)=N. The van der Waals surface area contributed by atoms with E-state index in [1.807, 2.05) is 0 Å². The highest BCUT2D eigenvalue weighted by Gasteiger charge is 2.18. The second kappa shape index (κ2) is 7.06. The minimum Gasteiger partial charge on any atom is -0.383 e. The maximum absolute atomic E-state index is 11.9. The molecule has 0 unspecified atom stereocenters. The summed E-state index contributed by atoms with van der Waals surface area (Å²) in [7, 11) is 3.24. The summed E-state index contributed by atoms with van der Waals surface area (Å²) in [4.78, 5) is 16.0. The van der Waals surface area contributed by atoms with E-state index in [9.17, 15) is 4.79 Å². The summed E-state index contributed by atoms with van der Waals surface area (Å²) >= 11 is 6.18. The van der Waals surface area contributed by atoms with Gasteiger partial charge in [0.2, 0.25) is 0 Å². The van der Waals surface area contributed by atoms with Crippen LogP contribution in [-0.4, -0.2) is 43.9 Å². The third kappa shape index (κ3) is 3.65. The monoisotopic (exact) mass is 284 g/mol. The summed E-state index contributed by atoms with van der Waals surface area (Å²) in [6.45, 7) is 2.40. The van der Waals surface area contributed by atoms with Gasteiger partial charge in [-0.25, -0.2) is 4.98 Å². The Labute approximate surface area is 117 Å². The molecular formula is C12H17ClN4O2. The Kier molecular flexibility index (Phi) is 5.72. The van der Waals surface area contributed by atoms with Crippen LogP contribution in [0.3, 0.4) is 0 Å². The van der Waals surface area contributed by atoms with Gasteiger partial charge in [-0.2, -0.15) is 0 Å². The normalized spacial score (nSPS) is 10.1. The fraction of sp³-hybridized carbons (Fsp3) is 0.417. The molecule has 0 radical (unpaired) electrons.